The van der Waals surface area contributed by atoms with Crippen molar-refractivity contribution in [2.24, 2.45) is 0 Å². The van der Waals surface area contributed by atoms with Gasteiger partial charge in [-0.1, -0.05) is 0 Å². The van der Waals surface area contributed by atoms with Gasteiger partial charge in [0.2, 0.25) is 0 Å². The Hall–Kier alpha value is -2.35. The van der Waals surface area contributed by atoms with Crippen LogP contribution in [0.4, 0.5) is 4.79 Å². The van der Waals surface area contributed by atoms with Crippen molar-refractivity contribution < 1.29 is 19.1 Å². The molecule has 0 aliphatic rings. The van der Waals surface area contributed by atoms with Crippen molar-refractivity contribution >= 4 is 23.3 Å². The minimum atomic E-state index is -1.07. The molecule has 0 aromatic carbocycles. The number of hydrogen-bond donors (Lipinski definition) is 2. The van der Waals surface area contributed by atoms with Crippen LogP contribution in [0.2, 0.25) is 0 Å². The number of aromatic carboxylic acids is 1. The zero-order valence-corrected chi connectivity index (χ0v) is 11.5. The van der Waals surface area contributed by atoms with Crippen LogP contribution in [0.15, 0.2) is 28.4 Å². The Morgan fingerprint density at radius 2 is 2.35 bits per heavy atom. The molecule has 0 aliphatic carbocycles. The third-order valence-electron chi connectivity index (χ3n) is 2.51. The molecule has 0 aliphatic heterocycles. The van der Waals surface area contributed by atoms with Crippen molar-refractivity contribution in [1.29, 1.82) is 0 Å². The molecule has 0 saturated heterocycles. The van der Waals surface area contributed by atoms with Crippen LogP contribution in [0.3, 0.4) is 0 Å². The lowest BCUT2D eigenvalue weighted by molar-refractivity contribution is 0.0691. The van der Waals surface area contributed by atoms with Gasteiger partial charge in [0.25, 0.3) is 0 Å². The number of rotatable bonds is 5. The maximum absolute atomic E-state index is 11.8. The molecule has 0 radical (unpaired) electrons. The number of nitrogens with zero attached hydrogens (tertiary/aromatic N) is 2. The van der Waals surface area contributed by atoms with Crippen LogP contribution in [-0.2, 0) is 13.1 Å². The third kappa shape index (κ3) is 3.58. The molecule has 0 spiro atoms. The highest BCUT2D eigenvalue weighted by Crippen LogP contribution is 2.10. The van der Waals surface area contributed by atoms with E-state index in [0.29, 0.717) is 11.6 Å². The van der Waals surface area contributed by atoms with Crippen LogP contribution in [0.25, 0.3) is 0 Å². The number of nitrogens with one attached hydrogen (secondary N) is 1. The average Bonchev–Trinajstić information content (AvgIpc) is 3.06. The summed E-state index contributed by atoms with van der Waals surface area (Å²) >= 11 is 1.20. The quantitative estimate of drug-likeness (QED) is 0.876. The third-order valence-corrected chi connectivity index (χ3v) is 3.36. The summed E-state index contributed by atoms with van der Waals surface area (Å²) in [4.78, 5) is 27.9. The first-order valence-electron chi connectivity index (χ1n) is 5.74. The molecule has 2 heterocycles. The molecule has 0 saturated carbocycles. The van der Waals surface area contributed by atoms with E-state index in [1.54, 1.807) is 25.6 Å². The second kappa shape index (κ2) is 6.20. The molecule has 106 valence electrons. The molecule has 0 atom stereocenters. The van der Waals surface area contributed by atoms with Crippen LogP contribution in [0.5, 0.6) is 0 Å². The van der Waals surface area contributed by atoms with E-state index in [-0.39, 0.29) is 18.3 Å². The molecule has 0 bridgehead atoms. The maximum Gasteiger partial charge on any atom is 0.355 e. The largest absolute Gasteiger partial charge is 0.476 e. The molecule has 7 nitrogen and oxygen atoms in total. The topological polar surface area (TPSA) is 95.7 Å². The lowest BCUT2D eigenvalue weighted by atomic mass is 10.3. The second-order valence-corrected chi connectivity index (χ2v) is 5.02. The Kier molecular flexibility index (Phi) is 4.36. The van der Waals surface area contributed by atoms with E-state index < -0.39 is 5.97 Å². The molecular weight excluding hydrogens is 282 g/mol. The number of carbonyl (C=O) groups excluding carboxylic acids is 1. The average molecular weight is 295 g/mol. The van der Waals surface area contributed by atoms with Gasteiger partial charge in [-0.25, -0.2) is 14.6 Å². The molecule has 2 rings (SSSR count). The fraction of sp³-hybridized carbons (Fsp3) is 0.250. The summed E-state index contributed by atoms with van der Waals surface area (Å²) in [5, 5.41) is 13.4. The zero-order valence-electron chi connectivity index (χ0n) is 10.7. The summed E-state index contributed by atoms with van der Waals surface area (Å²) in [6, 6.07) is 1.52. The summed E-state index contributed by atoms with van der Waals surface area (Å²) in [5.74, 6) is -1.07. The first-order chi connectivity index (χ1) is 9.56. The minimum Gasteiger partial charge on any atom is -0.476 e. The standard InChI is InChI=1S/C12H13N3O4S/c1-15(5-8-2-3-19-6-8)12(18)13-4-10-14-9(7-20-10)11(16)17/h2-3,6-7H,4-5H2,1H3,(H,13,18)(H,16,17). The Morgan fingerprint density at radius 1 is 1.55 bits per heavy atom. The lowest BCUT2D eigenvalue weighted by Crippen LogP contribution is -2.36. The molecule has 2 aromatic heterocycles. The maximum atomic E-state index is 11.8. The van der Waals surface area contributed by atoms with E-state index in [9.17, 15) is 9.59 Å². The molecule has 2 aromatic rings. The predicted octanol–water partition coefficient (Wildman–Crippen LogP) is 1.78. The number of urea groups is 1. The molecule has 2 amide bonds. The number of carbonyl (C=O) groups is 2. The highest BCUT2D eigenvalue weighted by atomic mass is 32.1. The Morgan fingerprint density at radius 3 is 2.95 bits per heavy atom. The van der Waals surface area contributed by atoms with Crippen LogP contribution < -0.4 is 5.32 Å². The van der Waals surface area contributed by atoms with Gasteiger partial charge in [-0.2, -0.15) is 0 Å². The Bertz CT molecular complexity index is 594. The molecule has 0 unspecified atom stereocenters. The van der Waals surface area contributed by atoms with E-state index in [1.807, 2.05) is 0 Å². The fourth-order valence-electron chi connectivity index (χ4n) is 1.50. The lowest BCUT2D eigenvalue weighted by Gasteiger charge is -2.16. The van der Waals surface area contributed by atoms with Gasteiger partial charge in [0.15, 0.2) is 5.69 Å². The summed E-state index contributed by atoms with van der Waals surface area (Å²) in [5.41, 5.74) is 0.885. The first-order valence-corrected chi connectivity index (χ1v) is 6.62. The number of carboxylic acid groups (broad SMARTS) is 1. The van der Waals surface area contributed by atoms with Crippen molar-refractivity contribution in [2.75, 3.05) is 7.05 Å². The Balaban J connectivity index is 1.83. The van der Waals surface area contributed by atoms with E-state index in [0.717, 1.165) is 5.56 Å². The van der Waals surface area contributed by atoms with Crippen molar-refractivity contribution in [3.63, 3.8) is 0 Å². The molecule has 2 N–H and O–H groups in total. The van der Waals surface area contributed by atoms with Gasteiger partial charge in [0.1, 0.15) is 5.01 Å². The van der Waals surface area contributed by atoms with Gasteiger partial charge in [0, 0.05) is 18.0 Å². The molecule has 8 heteroatoms. The van der Waals surface area contributed by atoms with E-state index >= 15 is 0 Å². The minimum absolute atomic E-state index is 0.00833. The zero-order chi connectivity index (χ0) is 14.5. The SMILES string of the molecule is CN(Cc1ccoc1)C(=O)NCc1nc(C(=O)O)cs1. The number of amides is 2. The number of carboxylic acids is 1. The first kappa shape index (κ1) is 14.1. The highest BCUT2D eigenvalue weighted by molar-refractivity contribution is 7.09. The second-order valence-electron chi connectivity index (χ2n) is 4.08. The molecular formula is C12H13N3O4S. The summed E-state index contributed by atoms with van der Waals surface area (Å²) in [7, 11) is 1.66. The predicted molar refractivity (Wildman–Crippen MR) is 71.5 cm³/mol. The summed E-state index contributed by atoms with van der Waals surface area (Å²) in [6.45, 7) is 0.632. The van der Waals surface area contributed by atoms with Gasteiger partial charge in [-0.15, -0.1) is 11.3 Å². The van der Waals surface area contributed by atoms with Crippen LogP contribution in [0.1, 0.15) is 21.1 Å². The van der Waals surface area contributed by atoms with Crippen molar-refractivity contribution in [3.05, 3.63) is 40.2 Å². The van der Waals surface area contributed by atoms with Gasteiger partial charge >= 0.3 is 12.0 Å². The summed E-state index contributed by atoms with van der Waals surface area (Å²) in [6.07, 6.45) is 3.12. The van der Waals surface area contributed by atoms with E-state index in [2.05, 4.69) is 10.3 Å². The number of furan rings is 1. The van der Waals surface area contributed by atoms with Crippen molar-refractivity contribution in [1.82, 2.24) is 15.2 Å². The van der Waals surface area contributed by atoms with Crippen LogP contribution in [0, 0.1) is 0 Å². The van der Waals surface area contributed by atoms with Crippen molar-refractivity contribution in [2.45, 2.75) is 13.1 Å². The van der Waals surface area contributed by atoms with Gasteiger partial charge in [-0.3, -0.25) is 0 Å². The number of hydrogen-bond acceptors (Lipinski definition) is 5. The normalized spacial score (nSPS) is 10.2. The van der Waals surface area contributed by atoms with E-state index in [1.165, 1.54) is 21.6 Å². The number of thiazole rings is 1. The summed E-state index contributed by atoms with van der Waals surface area (Å²) < 4.78 is 4.93. The van der Waals surface area contributed by atoms with Gasteiger partial charge < -0.3 is 19.7 Å². The van der Waals surface area contributed by atoms with Crippen LogP contribution >= 0.6 is 11.3 Å². The Labute approximate surface area is 118 Å². The highest BCUT2D eigenvalue weighted by Gasteiger charge is 2.12. The smallest absolute Gasteiger partial charge is 0.355 e. The fourth-order valence-corrected chi connectivity index (χ4v) is 2.21. The van der Waals surface area contributed by atoms with Gasteiger partial charge in [-0.05, 0) is 6.07 Å². The molecule has 20 heavy (non-hydrogen) atoms. The molecule has 0 fully saturated rings. The van der Waals surface area contributed by atoms with E-state index in [4.69, 9.17) is 9.52 Å². The monoisotopic (exact) mass is 295 g/mol. The van der Waals surface area contributed by atoms with Crippen LogP contribution in [-0.4, -0.2) is 34.0 Å². The van der Waals surface area contributed by atoms with Crippen molar-refractivity contribution in [3.8, 4) is 0 Å². The van der Waals surface area contributed by atoms with Gasteiger partial charge in [0.05, 0.1) is 25.6 Å². The number of aromatic nitrogens is 1.